The zero-order valence-corrected chi connectivity index (χ0v) is 9.17. The van der Waals surface area contributed by atoms with E-state index in [1.807, 2.05) is 6.92 Å². The molecule has 80 valence electrons. The molecule has 1 N–H and O–H groups in total. The standard InChI is InChI=1S/C8H14N4O.ClH/c1-6-10-8(11-13-6)7-5-9-3-4-12(7)2;/h7,9H,3-5H2,1-2H3;1H. The molecule has 0 amide bonds. The quantitative estimate of drug-likeness (QED) is 0.739. The van der Waals surface area contributed by atoms with E-state index in [1.165, 1.54) is 0 Å². The monoisotopic (exact) mass is 218 g/mol. The molecule has 1 saturated heterocycles. The summed E-state index contributed by atoms with van der Waals surface area (Å²) in [5, 5.41) is 7.23. The van der Waals surface area contributed by atoms with Gasteiger partial charge in [-0.05, 0) is 7.05 Å². The highest BCUT2D eigenvalue weighted by Crippen LogP contribution is 2.16. The van der Waals surface area contributed by atoms with Gasteiger partial charge in [0.15, 0.2) is 5.82 Å². The van der Waals surface area contributed by atoms with Gasteiger partial charge >= 0.3 is 0 Å². The maximum atomic E-state index is 4.95. The summed E-state index contributed by atoms with van der Waals surface area (Å²) in [4.78, 5) is 6.46. The lowest BCUT2D eigenvalue weighted by Gasteiger charge is -2.30. The normalized spacial score (nSPS) is 23.1. The van der Waals surface area contributed by atoms with Gasteiger partial charge in [0.2, 0.25) is 5.89 Å². The maximum Gasteiger partial charge on any atom is 0.223 e. The first-order valence-electron chi connectivity index (χ1n) is 4.48. The Labute approximate surface area is 89.3 Å². The molecule has 0 bridgehead atoms. The van der Waals surface area contributed by atoms with Crippen LogP contribution in [-0.4, -0.2) is 41.7 Å². The number of hydrogen-bond donors (Lipinski definition) is 1. The SMILES string of the molecule is Cc1nc(C2CNCCN2C)no1.Cl. The van der Waals surface area contributed by atoms with Crippen LogP contribution in [-0.2, 0) is 0 Å². The second-order valence-electron chi connectivity index (χ2n) is 3.37. The van der Waals surface area contributed by atoms with E-state index in [4.69, 9.17) is 4.52 Å². The Bertz CT molecular complexity index is 291. The van der Waals surface area contributed by atoms with Crippen molar-refractivity contribution in [2.24, 2.45) is 0 Å². The second-order valence-corrected chi connectivity index (χ2v) is 3.37. The van der Waals surface area contributed by atoms with E-state index in [0.29, 0.717) is 5.89 Å². The molecule has 1 atom stereocenters. The third kappa shape index (κ3) is 2.23. The van der Waals surface area contributed by atoms with E-state index in [0.717, 1.165) is 25.5 Å². The number of piperazine rings is 1. The first-order valence-corrected chi connectivity index (χ1v) is 4.48. The van der Waals surface area contributed by atoms with Gasteiger partial charge in [0.25, 0.3) is 0 Å². The molecule has 0 saturated carbocycles. The molecule has 2 heterocycles. The van der Waals surface area contributed by atoms with Gasteiger partial charge in [-0.2, -0.15) is 4.98 Å². The van der Waals surface area contributed by atoms with Crippen LogP contribution in [0.25, 0.3) is 0 Å². The van der Waals surface area contributed by atoms with Crippen LogP contribution in [0.1, 0.15) is 17.8 Å². The Morgan fingerprint density at radius 2 is 2.36 bits per heavy atom. The Kier molecular flexibility index (Phi) is 3.86. The summed E-state index contributed by atoms with van der Waals surface area (Å²) in [7, 11) is 2.08. The molecule has 0 radical (unpaired) electrons. The Hall–Kier alpha value is -0.650. The van der Waals surface area contributed by atoms with Gasteiger partial charge in [-0.1, -0.05) is 5.16 Å². The van der Waals surface area contributed by atoms with Crippen LogP contribution in [0.15, 0.2) is 4.52 Å². The van der Waals surface area contributed by atoms with Gasteiger partial charge in [-0.15, -0.1) is 12.4 Å². The number of nitrogens with zero attached hydrogens (tertiary/aromatic N) is 3. The maximum absolute atomic E-state index is 4.95. The van der Waals surface area contributed by atoms with Crippen LogP contribution < -0.4 is 5.32 Å². The van der Waals surface area contributed by atoms with Crippen molar-refractivity contribution in [1.29, 1.82) is 0 Å². The highest BCUT2D eigenvalue weighted by Gasteiger charge is 2.24. The molecule has 1 aromatic heterocycles. The predicted octanol–water partition coefficient (Wildman–Crippen LogP) is 0.376. The van der Waals surface area contributed by atoms with Crippen LogP contribution in [0.3, 0.4) is 0 Å². The van der Waals surface area contributed by atoms with Gasteiger partial charge in [0.05, 0.1) is 6.04 Å². The summed E-state index contributed by atoms with van der Waals surface area (Å²) < 4.78 is 4.95. The van der Waals surface area contributed by atoms with Gasteiger partial charge in [0, 0.05) is 26.6 Å². The largest absolute Gasteiger partial charge is 0.340 e. The summed E-state index contributed by atoms with van der Waals surface area (Å²) in [6, 6.07) is 0.256. The van der Waals surface area contributed by atoms with Crippen molar-refractivity contribution in [1.82, 2.24) is 20.4 Å². The van der Waals surface area contributed by atoms with Crippen LogP contribution >= 0.6 is 12.4 Å². The van der Waals surface area contributed by atoms with Crippen molar-refractivity contribution in [2.45, 2.75) is 13.0 Å². The fraction of sp³-hybridized carbons (Fsp3) is 0.750. The Morgan fingerprint density at radius 1 is 1.57 bits per heavy atom. The van der Waals surface area contributed by atoms with Gasteiger partial charge < -0.3 is 9.84 Å². The molecule has 14 heavy (non-hydrogen) atoms. The minimum Gasteiger partial charge on any atom is -0.340 e. The van der Waals surface area contributed by atoms with Crippen molar-refractivity contribution in [3.05, 3.63) is 11.7 Å². The molecule has 1 fully saturated rings. The molecule has 0 aromatic carbocycles. The molecule has 0 spiro atoms. The number of nitrogens with one attached hydrogen (secondary N) is 1. The van der Waals surface area contributed by atoms with Crippen LogP contribution in [0.4, 0.5) is 0 Å². The van der Waals surface area contributed by atoms with Gasteiger partial charge in [0.1, 0.15) is 0 Å². The first-order chi connectivity index (χ1) is 6.27. The van der Waals surface area contributed by atoms with E-state index in [2.05, 4.69) is 27.4 Å². The average Bonchev–Trinajstić information content (AvgIpc) is 2.53. The van der Waals surface area contributed by atoms with Crippen LogP contribution in [0.2, 0.25) is 0 Å². The van der Waals surface area contributed by atoms with Crippen LogP contribution in [0.5, 0.6) is 0 Å². The number of aryl methyl sites for hydroxylation is 1. The summed E-state index contributed by atoms with van der Waals surface area (Å²) in [5.41, 5.74) is 0. The second kappa shape index (κ2) is 4.72. The molecule has 2 rings (SSSR count). The zero-order chi connectivity index (χ0) is 9.26. The lowest BCUT2D eigenvalue weighted by molar-refractivity contribution is 0.190. The minimum atomic E-state index is 0. The van der Waals surface area contributed by atoms with Gasteiger partial charge in [-0.25, -0.2) is 0 Å². The number of aromatic nitrogens is 2. The van der Waals surface area contributed by atoms with E-state index in [-0.39, 0.29) is 18.4 Å². The molecule has 6 heteroatoms. The van der Waals surface area contributed by atoms with Crippen molar-refractivity contribution in [3.8, 4) is 0 Å². The molecule has 1 aromatic rings. The third-order valence-corrected chi connectivity index (χ3v) is 2.35. The van der Waals surface area contributed by atoms with E-state index < -0.39 is 0 Å². The highest BCUT2D eigenvalue weighted by atomic mass is 35.5. The zero-order valence-electron chi connectivity index (χ0n) is 8.36. The topological polar surface area (TPSA) is 54.2 Å². The minimum absolute atomic E-state index is 0. The van der Waals surface area contributed by atoms with Crippen molar-refractivity contribution in [2.75, 3.05) is 26.7 Å². The molecular formula is C8H15ClN4O. The smallest absolute Gasteiger partial charge is 0.223 e. The Balaban J connectivity index is 0.000000980. The number of hydrogen-bond acceptors (Lipinski definition) is 5. The Morgan fingerprint density at radius 3 is 2.93 bits per heavy atom. The van der Waals surface area contributed by atoms with Crippen molar-refractivity contribution < 1.29 is 4.52 Å². The highest BCUT2D eigenvalue weighted by molar-refractivity contribution is 5.85. The van der Waals surface area contributed by atoms with E-state index >= 15 is 0 Å². The number of likely N-dealkylation sites (N-methyl/N-ethyl adjacent to an activating group) is 1. The van der Waals surface area contributed by atoms with Crippen molar-refractivity contribution in [3.63, 3.8) is 0 Å². The summed E-state index contributed by atoms with van der Waals surface area (Å²) in [6.07, 6.45) is 0. The number of halogens is 1. The lowest BCUT2D eigenvalue weighted by atomic mass is 10.2. The lowest BCUT2D eigenvalue weighted by Crippen LogP contribution is -2.44. The predicted molar refractivity (Wildman–Crippen MR) is 54.5 cm³/mol. The molecule has 1 aliphatic heterocycles. The molecule has 5 nitrogen and oxygen atoms in total. The fourth-order valence-corrected chi connectivity index (χ4v) is 1.54. The fourth-order valence-electron chi connectivity index (χ4n) is 1.54. The summed E-state index contributed by atoms with van der Waals surface area (Å²) in [5.74, 6) is 1.42. The number of rotatable bonds is 1. The van der Waals surface area contributed by atoms with E-state index in [1.54, 1.807) is 0 Å². The summed E-state index contributed by atoms with van der Waals surface area (Å²) in [6.45, 7) is 4.77. The average molecular weight is 219 g/mol. The molecule has 1 aliphatic rings. The van der Waals surface area contributed by atoms with Gasteiger partial charge in [-0.3, -0.25) is 4.90 Å². The summed E-state index contributed by atoms with van der Waals surface area (Å²) >= 11 is 0. The van der Waals surface area contributed by atoms with Crippen molar-refractivity contribution >= 4 is 12.4 Å². The first kappa shape index (κ1) is 11.4. The van der Waals surface area contributed by atoms with Crippen LogP contribution in [0, 0.1) is 6.92 Å². The molecule has 1 unspecified atom stereocenters. The molecular weight excluding hydrogens is 204 g/mol. The van der Waals surface area contributed by atoms with E-state index in [9.17, 15) is 0 Å². The molecule has 0 aliphatic carbocycles. The third-order valence-electron chi connectivity index (χ3n) is 2.35.